The van der Waals surface area contributed by atoms with E-state index in [-0.39, 0.29) is 5.56 Å². The van der Waals surface area contributed by atoms with Crippen LogP contribution >= 0.6 is 27.7 Å². The van der Waals surface area contributed by atoms with Crippen LogP contribution in [0, 0.1) is 5.41 Å². The second kappa shape index (κ2) is 6.45. The third-order valence-electron chi connectivity index (χ3n) is 2.95. The van der Waals surface area contributed by atoms with Crippen LogP contribution in [0.25, 0.3) is 0 Å². The van der Waals surface area contributed by atoms with Crippen molar-refractivity contribution >= 4 is 27.7 Å². The second-order valence-corrected chi connectivity index (χ2v) is 5.39. The van der Waals surface area contributed by atoms with E-state index in [0.717, 1.165) is 23.9 Å². The monoisotopic (exact) mass is 304 g/mol. The molecule has 1 aromatic heterocycles. The Morgan fingerprint density at radius 1 is 1.50 bits per heavy atom. The summed E-state index contributed by atoms with van der Waals surface area (Å²) in [5, 5.41) is 1.69. The van der Waals surface area contributed by atoms with E-state index in [0.29, 0.717) is 10.6 Å². The molecule has 0 bridgehead atoms. The van der Waals surface area contributed by atoms with Crippen LogP contribution in [0.3, 0.4) is 0 Å². The van der Waals surface area contributed by atoms with E-state index < -0.39 is 0 Å². The van der Waals surface area contributed by atoms with Gasteiger partial charge in [0.25, 0.3) is 5.56 Å². The summed E-state index contributed by atoms with van der Waals surface area (Å²) in [7, 11) is 0. The molecule has 90 valence electrons. The lowest BCUT2D eigenvalue weighted by Gasteiger charge is -2.28. The van der Waals surface area contributed by atoms with Crippen molar-refractivity contribution in [2.24, 2.45) is 5.41 Å². The normalized spacial score (nSPS) is 11.7. The Bertz CT molecular complexity index is 368. The molecule has 5 heteroatoms. The molecule has 0 spiro atoms. The number of aromatic amines is 1. The first-order valence-corrected chi connectivity index (χ1v) is 7.50. The predicted octanol–water partition coefficient (Wildman–Crippen LogP) is 3.06. The fourth-order valence-corrected chi connectivity index (χ4v) is 3.84. The van der Waals surface area contributed by atoms with Gasteiger partial charge in [0.2, 0.25) is 0 Å². The van der Waals surface area contributed by atoms with Crippen molar-refractivity contribution < 1.29 is 0 Å². The Hall–Kier alpha value is -0.290. The smallest absolute Gasteiger partial charge is 0.251 e. The average Bonchev–Trinajstić information content (AvgIpc) is 2.32. The van der Waals surface area contributed by atoms with Crippen molar-refractivity contribution in [1.82, 2.24) is 9.97 Å². The van der Waals surface area contributed by atoms with Gasteiger partial charge in [-0.1, -0.05) is 41.5 Å². The number of thioether (sulfide) groups is 1. The Labute approximate surface area is 109 Å². The molecule has 0 atom stereocenters. The SMILES string of the molecule is CCC(CC)(CBr)CSc1nccc(=O)[nH]1. The molecule has 16 heavy (non-hydrogen) atoms. The maximum absolute atomic E-state index is 11.1. The molecular formula is C11H17BrN2OS. The van der Waals surface area contributed by atoms with Crippen LogP contribution in [-0.4, -0.2) is 21.1 Å². The molecule has 0 aliphatic carbocycles. The molecule has 0 amide bonds. The Balaban J connectivity index is 2.65. The van der Waals surface area contributed by atoms with Crippen LogP contribution in [-0.2, 0) is 0 Å². The highest BCUT2D eigenvalue weighted by atomic mass is 79.9. The van der Waals surface area contributed by atoms with Crippen LogP contribution in [0.15, 0.2) is 22.2 Å². The topological polar surface area (TPSA) is 45.8 Å². The molecule has 0 aliphatic rings. The quantitative estimate of drug-likeness (QED) is 0.499. The Morgan fingerprint density at radius 2 is 2.19 bits per heavy atom. The number of nitrogens with zero attached hydrogens (tertiary/aromatic N) is 1. The van der Waals surface area contributed by atoms with Crippen LogP contribution in [0.2, 0.25) is 0 Å². The molecule has 0 radical (unpaired) electrons. The zero-order valence-electron chi connectivity index (χ0n) is 9.62. The second-order valence-electron chi connectivity index (χ2n) is 3.87. The minimum Gasteiger partial charge on any atom is -0.301 e. The van der Waals surface area contributed by atoms with E-state index in [9.17, 15) is 4.79 Å². The fourth-order valence-electron chi connectivity index (χ4n) is 1.33. The lowest BCUT2D eigenvalue weighted by molar-refractivity contribution is 0.359. The van der Waals surface area contributed by atoms with Gasteiger partial charge in [0.15, 0.2) is 5.16 Å². The summed E-state index contributed by atoms with van der Waals surface area (Å²) in [5.74, 6) is 0.970. The molecule has 0 unspecified atom stereocenters. The first-order valence-electron chi connectivity index (χ1n) is 5.40. The summed E-state index contributed by atoms with van der Waals surface area (Å²) in [5.41, 5.74) is 0.203. The van der Waals surface area contributed by atoms with E-state index in [2.05, 4.69) is 39.7 Å². The summed E-state index contributed by atoms with van der Waals surface area (Å²) in [6, 6.07) is 1.43. The molecule has 0 saturated carbocycles. The van der Waals surface area contributed by atoms with Crippen molar-refractivity contribution in [2.45, 2.75) is 31.8 Å². The summed E-state index contributed by atoms with van der Waals surface area (Å²) >= 11 is 5.19. The lowest BCUT2D eigenvalue weighted by atomic mass is 9.87. The van der Waals surface area contributed by atoms with Crippen LogP contribution < -0.4 is 5.56 Å². The standard InChI is InChI=1S/C11H17BrN2OS/c1-3-11(4-2,7-12)8-16-10-13-6-5-9(15)14-10/h5-6H,3-4,7-8H2,1-2H3,(H,13,14,15). The van der Waals surface area contributed by atoms with Crippen LogP contribution in [0.4, 0.5) is 0 Å². The molecule has 1 N–H and O–H groups in total. The number of nitrogens with one attached hydrogen (secondary N) is 1. The van der Waals surface area contributed by atoms with Gasteiger partial charge in [-0.05, 0) is 18.3 Å². The summed E-state index contributed by atoms with van der Waals surface area (Å²) in [6.07, 6.45) is 3.80. The highest BCUT2D eigenvalue weighted by molar-refractivity contribution is 9.09. The van der Waals surface area contributed by atoms with E-state index in [1.807, 2.05) is 0 Å². The van der Waals surface area contributed by atoms with Crippen molar-refractivity contribution in [1.29, 1.82) is 0 Å². The Kier molecular flexibility index (Phi) is 5.55. The number of hydrogen-bond acceptors (Lipinski definition) is 3. The van der Waals surface area contributed by atoms with Gasteiger partial charge >= 0.3 is 0 Å². The van der Waals surface area contributed by atoms with E-state index in [1.165, 1.54) is 6.07 Å². The molecule has 0 aromatic carbocycles. The molecule has 1 heterocycles. The summed E-state index contributed by atoms with van der Waals surface area (Å²) in [4.78, 5) is 18.0. The van der Waals surface area contributed by atoms with Crippen molar-refractivity contribution in [3.05, 3.63) is 22.6 Å². The number of rotatable bonds is 6. The number of halogens is 1. The number of alkyl halides is 1. The van der Waals surface area contributed by atoms with Crippen LogP contribution in [0.1, 0.15) is 26.7 Å². The number of H-pyrrole nitrogens is 1. The maximum atomic E-state index is 11.1. The van der Waals surface area contributed by atoms with E-state index in [1.54, 1.807) is 18.0 Å². The zero-order valence-corrected chi connectivity index (χ0v) is 12.0. The van der Waals surface area contributed by atoms with Gasteiger partial charge in [-0.15, -0.1) is 0 Å². The third kappa shape index (κ3) is 3.63. The molecule has 0 aliphatic heterocycles. The minimum atomic E-state index is -0.0880. The highest BCUT2D eigenvalue weighted by Gasteiger charge is 2.25. The van der Waals surface area contributed by atoms with E-state index in [4.69, 9.17) is 0 Å². The van der Waals surface area contributed by atoms with E-state index >= 15 is 0 Å². The van der Waals surface area contributed by atoms with Gasteiger partial charge in [0.1, 0.15) is 0 Å². The van der Waals surface area contributed by atoms with Crippen LogP contribution in [0.5, 0.6) is 0 Å². The predicted molar refractivity (Wildman–Crippen MR) is 72.4 cm³/mol. The van der Waals surface area contributed by atoms with Crippen molar-refractivity contribution in [3.8, 4) is 0 Å². The number of aromatic nitrogens is 2. The van der Waals surface area contributed by atoms with Gasteiger partial charge in [0.05, 0.1) is 0 Å². The lowest BCUT2D eigenvalue weighted by Crippen LogP contribution is -2.24. The maximum Gasteiger partial charge on any atom is 0.251 e. The molecule has 0 saturated heterocycles. The first-order chi connectivity index (χ1) is 7.65. The molecule has 1 aromatic rings. The van der Waals surface area contributed by atoms with Gasteiger partial charge in [-0.25, -0.2) is 4.98 Å². The third-order valence-corrected chi connectivity index (χ3v) is 5.37. The first kappa shape index (κ1) is 13.8. The number of hydrogen-bond donors (Lipinski definition) is 1. The van der Waals surface area contributed by atoms with Crippen molar-refractivity contribution in [2.75, 3.05) is 11.1 Å². The van der Waals surface area contributed by atoms with Gasteiger partial charge < -0.3 is 4.98 Å². The molecule has 1 rings (SSSR count). The largest absolute Gasteiger partial charge is 0.301 e. The minimum absolute atomic E-state index is 0.0880. The fraction of sp³-hybridized carbons (Fsp3) is 0.636. The average molecular weight is 305 g/mol. The summed E-state index contributed by atoms with van der Waals surface area (Å²) < 4.78 is 0. The Morgan fingerprint density at radius 3 is 2.69 bits per heavy atom. The highest BCUT2D eigenvalue weighted by Crippen LogP contribution is 2.34. The zero-order chi connectivity index (χ0) is 12.0. The van der Waals surface area contributed by atoms with Crippen molar-refractivity contribution in [3.63, 3.8) is 0 Å². The van der Waals surface area contributed by atoms with Gasteiger partial charge in [0, 0.05) is 23.3 Å². The van der Waals surface area contributed by atoms with Gasteiger partial charge in [-0.2, -0.15) is 0 Å². The molecule has 3 nitrogen and oxygen atoms in total. The molecular weight excluding hydrogens is 288 g/mol. The molecule has 0 fully saturated rings. The van der Waals surface area contributed by atoms with Gasteiger partial charge in [-0.3, -0.25) is 4.79 Å². The summed E-state index contributed by atoms with van der Waals surface area (Å²) in [6.45, 7) is 4.40.